The smallest absolute Gasteiger partial charge is 0.236 e. The average Bonchev–Trinajstić information content (AvgIpc) is 2.05. The van der Waals surface area contributed by atoms with Crippen molar-refractivity contribution in [1.82, 2.24) is 0 Å². The molecule has 0 saturated heterocycles. The molecular formula is C7H5ClFNO. The standard InChI is InChI=1S/C7H5ClFNO/c8-11-7(10)5-1-3-6(9)4-2-5/h1-4,10H. The Morgan fingerprint density at radius 2 is 1.91 bits per heavy atom. The summed E-state index contributed by atoms with van der Waals surface area (Å²) in [5, 5.41) is 7.07. The molecule has 0 fully saturated rings. The lowest BCUT2D eigenvalue weighted by molar-refractivity contribution is 0.609. The van der Waals surface area contributed by atoms with Gasteiger partial charge in [0.05, 0.1) is 0 Å². The minimum Gasteiger partial charge on any atom is -0.365 e. The third-order valence-corrected chi connectivity index (χ3v) is 1.34. The Labute approximate surface area is 68.2 Å². The van der Waals surface area contributed by atoms with Crippen molar-refractivity contribution >= 4 is 17.8 Å². The zero-order valence-corrected chi connectivity index (χ0v) is 6.23. The second kappa shape index (κ2) is 3.34. The van der Waals surface area contributed by atoms with Crippen LogP contribution in [0.1, 0.15) is 5.56 Å². The molecule has 4 heteroatoms. The van der Waals surface area contributed by atoms with E-state index < -0.39 is 0 Å². The summed E-state index contributed by atoms with van der Waals surface area (Å²) in [5.74, 6) is -0.539. The molecule has 0 spiro atoms. The van der Waals surface area contributed by atoms with Crippen LogP contribution in [0.3, 0.4) is 0 Å². The van der Waals surface area contributed by atoms with E-state index in [1.54, 1.807) is 0 Å². The molecule has 2 nitrogen and oxygen atoms in total. The maximum atomic E-state index is 12.3. The third kappa shape index (κ3) is 1.91. The van der Waals surface area contributed by atoms with E-state index in [0.717, 1.165) is 0 Å². The second-order valence-corrected chi connectivity index (χ2v) is 2.07. The van der Waals surface area contributed by atoms with Gasteiger partial charge in [-0.2, -0.15) is 0 Å². The minimum absolute atomic E-state index is 0.188. The minimum atomic E-state index is -0.351. The van der Waals surface area contributed by atoms with Gasteiger partial charge >= 0.3 is 0 Å². The Kier molecular flexibility index (Phi) is 2.44. The molecule has 0 bridgehead atoms. The molecule has 0 radical (unpaired) electrons. The molecule has 0 atom stereocenters. The van der Waals surface area contributed by atoms with Crippen molar-refractivity contribution in [3.63, 3.8) is 0 Å². The number of halogens is 2. The van der Waals surface area contributed by atoms with Crippen molar-refractivity contribution in [3.8, 4) is 0 Å². The Bertz CT molecular complexity index is 260. The second-order valence-electron chi connectivity index (χ2n) is 1.91. The fraction of sp³-hybridized carbons (Fsp3) is 0. The maximum Gasteiger partial charge on any atom is 0.236 e. The molecule has 58 valence electrons. The van der Waals surface area contributed by atoms with Crippen LogP contribution in [0, 0.1) is 11.2 Å². The molecule has 1 rings (SSSR count). The largest absolute Gasteiger partial charge is 0.365 e. The Hall–Kier alpha value is -1.09. The molecule has 0 heterocycles. The van der Waals surface area contributed by atoms with Crippen molar-refractivity contribution in [1.29, 1.82) is 5.41 Å². The van der Waals surface area contributed by atoms with Crippen molar-refractivity contribution in [2.24, 2.45) is 0 Å². The zero-order valence-electron chi connectivity index (χ0n) is 5.47. The van der Waals surface area contributed by atoms with E-state index in [9.17, 15) is 4.39 Å². The van der Waals surface area contributed by atoms with Crippen molar-refractivity contribution < 1.29 is 8.68 Å². The molecule has 0 aliphatic heterocycles. The van der Waals surface area contributed by atoms with Crippen LogP contribution in [0.15, 0.2) is 24.3 Å². The monoisotopic (exact) mass is 173 g/mol. The van der Waals surface area contributed by atoms with Crippen LogP contribution >= 0.6 is 11.9 Å². The predicted octanol–water partition coefficient (Wildman–Crippen LogP) is 2.32. The van der Waals surface area contributed by atoms with E-state index >= 15 is 0 Å². The summed E-state index contributed by atoms with van der Waals surface area (Å²) in [7, 11) is 0. The van der Waals surface area contributed by atoms with Gasteiger partial charge in [0.2, 0.25) is 5.90 Å². The summed E-state index contributed by atoms with van der Waals surface area (Å²) in [6.07, 6.45) is 0. The number of nitrogens with one attached hydrogen (secondary N) is 1. The van der Waals surface area contributed by atoms with Crippen molar-refractivity contribution in [3.05, 3.63) is 35.6 Å². The normalized spacial score (nSPS) is 9.27. The fourth-order valence-corrected chi connectivity index (χ4v) is 0.735. The van der Waals surface area contributed by atoms with E-state index in [2.05, 4.69) is 4.29 Å². The van der Waals surface area contributed by atoms with E-state index in [4.69, 9.17) is 17.3 Å². The summed E-state index contributed by atoms with van der Waals surface area (Å²) in [6, 6.07) is 5.31. The van der Waals surface area contributed by atoms with E-state index in [-0.39, 0.29) is 11.7 Å². The lowest BCUT2D eigenvalue weighted by Crippen LogP contribution is -1.97. The van der Waals surface area contributed by atoms with Crippen LogP contribution < -0.4 is 0 Å². The zero-order chi connectivity index (χ0) is 8.27. The topological polar surface area (TPSA) is 33.1 Å². The first-order valence-corrected chi connectivity index (χ1v) is 3.18. The molecule has 0 amide bonds. The molecule has 0 aliphatic carbocycles. The van der Waals surface area contributed by atoms with Crippen molar-refractivity contribution in [2.75, 3.05) is 0 Å². The summed E-state index contributed by atoms with van der Waals surface area (Å²) in [4.78, 5) is 0. The van der Waals surface area contributed by atoms with Gasteiger partial charge in [-0.15, -0.1) is 0 Å². The summed E-state index contributed by atoms with van der Waals surface area (Å²) in [5.41, 5.74) is 0.446. The van der Waals surface area contributed by atoms with Crippen LogP contribution in [0.2, 0.25) is 0 Å². The van der Waals surface area contributed by atoms with E-state index in [1.165, 1.54) is 24.3 Å². The number of rotatable bonds is 1. The van der Waals surface area contributed by atoms with E-state index in [1.807, 2.05) is 0 Å². The van der Waals surface area contributed by atoms with Gasteiger partial charge in [-0.05, 0) is 24.3 Å². The van der Waals surface area contributed by atoms with Crippen LogP contribution in [-0.2, 0) is 4.29 Å². The Balaban J connectivity index is 2.90. The Morgan fingerprint density at radius 1 is 1.36 bits per heavy atom. The quantitative estimate of drug-likeness (QED) is 0.513. The molecule has 1 aromatic rings. The van der Waals surface area contributed by atoms with Crippen molar-refractivity contribution in [2.45, 2.75) is 0 Å². The third-order valence-electron chi connectivity index (χ3n) is 1.18. The van der Waals surface area contributed by atoms with E-state index in [0.29, 0.717) is 5.56 Å². The van der Waals surface area contributed by atoms with Crippen LogP contribution in [0.4, 0.5) is 4.39 Å². The van der Waals surface area contributed by atoms with Crippen LogP contribution in [0.5, 0.6) is 0 Å². The summed E-state index contributed by atoms with van der Waals surface area (Å²) in [6.45, 7) is 0. The highest BCUT2D eigenvalue weighted by Crippen LogP contribution is 2.04. The first-order chi connectivity index (χ1) is 5.24. The SMILES string of the molecule is N=C(OCl)c1ccc(F)cc1. The van der Waals surface area contributed by atoms with Gasteiger partial charge in [0.1, 0.15) is 17.7 Å². The fourth-order valence-electron chi connectivity index (χ4n) is 0.646. The lowest BCUT2D eigenvalue weighted by atomic mass is 10.2. The molecule has 0 unspecified atom stereocenters. The van der Waals surface area contributed by atoms with Crippen LogP contribution in [-0.4, -0.2) is 5.90 Å². The average molecular weight is 174 g/mol. The highest BCUT2D eigenvalue weighted by molar-refractivity contribution is 6.16. The summed E-state index contributed by atoms with van der Waals surface area (Å²) >= 11 is 4.91. The van der Waals surface area contributed by atoms with Gasteiger partial charge in [-0.25, -0.2) is 4.39 Å². The van der Waals surface area contributed by atoms with Gasteiger partial charge in [0, 0.05) is 5.56 Å². The highest BCUT2D eigenvalue weighted by atomic mass is 35.5. The number of hydrogen-bond acceptors (Lipinski definition) is 2. The predicted molar refractivity (Wildman–Crippen MR) is 40.2 cm³/mol. The highest BCUT2D eigenvalue weighted by Gasteiger charge is 2.00. The Morgan fingerprint density at radius 3 is 2.36 bits per heavy atom. The first kappa shape index (κ1) is 8.01. The molecule has 11 heavy (non-hydrogen) atoms. The molecule has 1 aromatic carbocycles. The molecule has 0 saturated carbocycles. The van der Waals surface area contributed by atoms with Gasteiger partial charge in [-0.3, -0.25) is 5.41 Å². The number of hydrogen-bond donors (Lipinski definition) is 1. The molecule has 1 N–H and O–H groups in total. The van der Waals surface area contributed by atoms with Crippen LogP contribution in [0.25, 0.3) is 0 Å². The number of benzene rings is 1. The maximum absolute atomic E-state index is 12.3. The summed E-state index contributed by atoms with van der Waals surface area (Å²) < 4.78 is 16.4. The molecule has 0 aromatic heterocycles. The molecular weight excluding hydrogens is 169 g/mol. The molecule has 0 aliphatic rings. The van der Waals surface area contributed by atoms with Gasteiger partial charge < -0.3 is 4.29 Å². The van der Waals surface area contributed by atoms with Gasteiger partial charge in [-0.1, -0.05) is 0 Å². The van der Waals surface area contributed by atoms with Gasteiger partial charge in [0.25, 0.3) is 0 Å². The first-order valence-electron chi connectivity index (χ1n) is 2.87. The van der Waals surface area contributed by atoms with Gasteiger partial charge in [0.15, 0.2) is 0 Å². The lowest BCUT2D eigenvalue weighted by Gasteiger charge is -1.97.